The van der Waals surface area contributed by atoms with Crippen LogP contribution >= 0.6 is 11.6 Å². The Bertz CT molecular complexity index is 405. The third-order valence-corrected chi connectivity index (χ3v) is 2.50. The Labute approximate surface area is 95.7 Å². The molecule has 0 N–H and O–H groups in total. The molecule has 0 fully saturated rings. The molecule has 1 aromatic rings. The van der Waals surface area contributed by atoms with Crippen molar-refractivity contribution in [3.8, 4) is 6.07 Å². The average Bonchev–Trinajstić information content (AvgIpc) is 2.41. The Balaban J connectivity index is 3.43. The van der Waals surface area contributed by atoms with Gasteiger partial charge in [0.1, 0.15) is 16.8 Å². The van der Waals surface area contributed by atoms with Crippen LogP contribution in [0.15, 0.2) is 0 Å². The van der Waals surface area contributed by atoms with Crippen molar-refractivity contribution in [2.45, 2.75) is 46.1 Å². The lowest BCUT2D eigenvalue weighted by molar-refractivity contribution is 0.353. The highest BCUT2D eigenvalue weighted by molar-refractivity contribution is 6.30. The normalized spacial score (nSPS) is 11.9. The van der Waals surface area contributed by atoms with E-state index in [9.17, 15) is 0 Å². The maximum absolute atomic E-state index is 9.04. The molecule has 1 rings (SSSR count). The minimum atomic E-state index is -0.199. The van der Waals surface area contributed by atoms with Gasteiger partial charge in [0.25, 0.3) is 0 Å². The molecule has 0 aliphatic heterocycles. The zero-order valence-electron chi connectivity index (χ0n) is 9.80. The number of halogens is 1. The van der Waals surface area contributed by atoms with E-state index < -0.39 is 0 Å². The molecule has 0 unspecified atom stereocenters. The molecular weight excluding hydrogens is 210 g/mol. The molecule has 0 radical (unpaired) electrons. The third-order valence-electron chi connectivity index (χ3n) is 2.15. The fourth-order valence-electron chi connectivity index (χ4n) is 1.37. The first kappa shape index (κ1) is 12.1. The van der Waals surface area contributed by atoms with E-state index in [1.165, 1.54) is 0 Å². The number of rotatable bonds is 1. The highest BCUT2D eigenvalue weighted by Crippen LogP contribution is 2.29. The first-order valence-corrected chi connectivity index (χ1v) is 5.35. The minimum absolute atomic E-state index is 0.199. The molecule has 0 atom stereocenters. The van der Waals surface area contributed by atoms with Gasteiger partial charge in [-0.3, -0.25) is 0 Å². The van der Waals surface area contributed by atoms with Crippen LogP contribution in [-0.4, -0.2) is 9.78 Å². The van der Waals surface area contributed by atoms with E-state index in [4.69, 9.17) is 16.9 Å². The van der Waals surface area contributed by atoms with E-state index in [0.29, 0.717) is 10.7 Å². The number of hydrogen-bond acceptors (Lipinski definition) is 2. The molecule has 0 aliphatic rings. The second-order valence-electron chi connectivity index (χ2n) is 4.90. The van der Waals surface area contributed by atoms with E-state index in [1.54, 1.807) is 4.68 Å². The first-order valence-electron chi connectivity index (χ1n) is 4.98. The van der Waals surface area contributed by atoms with Crippen LogP contribution in [0, 0.1) is 11.3 Å². The van der Waals surface area contributed by atoms with Gasteiger partial charge in [-0.2, -0.15) is 10.4 Å². The number of nitrogens with zero attached hydrogens (tertiary/aromatic N) is 3. The van der Waals surface area contributed by atoms with Crippen LogP contribution in [0.25, 0.3) is 0 Å². The standard InChI is InChI=1S/C11H16ClN3/c1-7(2)9-8(6-13)10(12)15(14-9)11(3,4)5/h7H,1-5H3. The summed E-state index contributed by atoms with van der Waals surface area (Å²) in [6.45, 7) is 10.0. The molecule has 1 heterocycles. The van der Waals surface area contributed by atoms with Crippen LogP contribution in [0.2, 0.25) is 5.15 Å². The summed E-state index contributed by atoms with van der Waals surface area (Å²) in [4.78, 5) is 0. The van der Waals surface area contributed by atoms with Gasteiger partial charge >= 0.3 is 0 Å². The summed E-state index contributed by atoms with van der Waals surface area (Å²) in [5.41, 5.74) is 1.08. The summed E-state index contributed by atoms with van der Waals surface area (Å²) in [5, 5.41) is 13.9. The van der Waals surface area contributed by atoms with Gasteiger partial charge in [-0.1, -0.05) is 25.4 Å². The van der Waals surface area contributed by atoms with Crippen LogP contribution in [0.1, 0.15) is 51.8 Å². The fourth-order valence-corrected chi connectivity index (χ4v) is 1.80. The van der Waals surface area contributed by atoms with Crippen molar-refractivity contribution in [1.29, 1.82) is 5.26 Å². The number of nitriles is 1. The smallest absolute Gasteiger partial charge is 0.145 e. The zero-order valence-corrected chi connectivity index (χ0v) is 10.6. The predicted octanol–water partition coefficient (Wildman–Crippen LogP) is 3.29. The predicted molar refractivity (Wildman–Crippen MR) is 61.0 cm³/mol. The SMILES string of the molecule is CC(C)c1nn(C(C)(C)C)c(Cl)c1C#N. The maximum Gasteiger partial charge on any atom is 0.145 e. The quantitative estimate of drug-likeness (QED) is 0.736. The fraction of sp³-hybridized carbons (Fsp3) is 0.636. The third kappa shape index (κ3) is 2.15. The summed E-state index contributed by atoms with van der Waals surface area (Å²) in [6.07, 6.45) is 0. The maximum atomic E-state index is 9.04. The lowest BCUT2D eigenvalue weighted by Crippen LogP contribution is -2.23. The molecule has 0 aliphatic carbocycles. The summed E-state index contributed by atoms with van der Waals surface area (Å²) < 4.78 is 1.71. The van der Waals surface area contributed by atoms with E-state index in [-0.39, 0.29) is 11.5 Å². The van der Waals surface area contributed by atoms with Crippen molar-refractivity contribution < 1.29 is 0 Å². The second kappa shape index (κ2) is 3.86. The van der Waals surface area contributed by atoms with E-state index >= 15 is 0 Å². The van der Waals surface area contributed by atoms with Gasteiger partial charge in [-0.05, 0) is 26.7 Å². The molecule has 4 heteroatoms. The Hall–Kier alpha value is -1.01. The van der Waals surface area contributed by atoms with E-state index in [0.717, 1.165) is 5.69 Å². The van der Waals surface area contributed by atoms with Crippen LogP contribution in [0.5, 0.6) is 0 Å². The summed E-state index contributed by atoms with van der Waals surface area (Å²) in [6, 6.07) is 2.12. The van der Waals surface area contributed by atoms with Crippen LogP contribution in [-0.2, 0) is 5.54 Å². The Morgan fingerprint density at radius 1 is 1.40 bits per heavy atom. The van der Waals surface area contributed by atoms with E-state index in [2.05, 4.69) is 11.2 Å². The Kier molecular flexibility index (Phi) is 3.11. The van der Waals surface area contributed by atoms with Gasteiger partial charge in [0, 0.05) is 0 Å². The van der Waals surface area contributed by atoms with Crippen molar-refractivity contribution in [2.75, 3.05) is 0 Å². The molecule has 82 valence electrons. The van der Waals surface area contributed by atoms with Gasteiger partial charge in [-0.25, -0.2) is 4.68 Å². The van der Waals surface area contributed by atoms with Crippen molar-refractivity contribution in [2.24, 2.45) is 0 Å². The van der Waals surface area contributed by atoms with Crippen LogP contribution in [0.4, 0.5) is 0 Å². The monoisotopic (exact) mass is 225 g/mol. The van der Waals surface area contributed by atoms with Gasteiger partial charge < -0.3 is 0 Å². The lowest BCUT2D eigenvalue weighted by Gasteiger charge is -2.20. The van der Waals surface area contributed by atoms with Crippen molar-refractivity contribution in [3.63, 3.8) is 0 Å². The van der Waals surface area contributed by atoms with Gasteiger partial charge in [0.05, 0.1) is 11.2 Å². The largest absolute Gasteiger partial charge is 0.247 e. The first-order chi connectivity index (χ1) is 6.79. The van der Waals surface area contributed by atoms with Gasteiger partial charge in [-0.15, -0.1) is 0 Å². The highest BCUT2D eigenvalue weighted by Gasteiger charge is 2.24. The Morgan fingerprint density at radius 3 is 2.20 bits per heavy atom. The summed E-state index contributed by atoms with van der Waals surface area (Å²) in [7, 11) is 0. The molecule has 0 spiro atoms. The molecule has 0 amide bonds. The van der Waals surface area contributed by atoms with Crippen LogP contribution in [0.3, 0.4) is 0 Å². The average molecular weight is 226 g/mol. The number of aromatic nitrogens is 2. The summed E-state index contributed by atoms with van der Waals surface area (Å²) >= 11 is 6.14. The second-order valence-corrected chi connectivity index (χ2v) is 5.26. The summed E-state index contributed by atoms with van der Waals surface area (Å²) in [5.74, 6) is 0.209. The molecular formula is C11H16ClN3. The molecule has 3 nitrogen and oxygen atoms in total. The van der Waals surface area contributed by atoms with Crippen LogP contribution < -0.4 is 0 Å². The Morgan fingerprint density at radius 2 is 1.93 bits per heavy atom. The zero-order chi connectivity index (χ0) is 11.8. The molecule has 0 saturated heterocycles. The topological polar surface area (TPSA) is 41.6 Å². The number of hydrogen-bond donors (Lipinski definition) is 0. The molecule has 1 aromatic heterocycles. The lowest BCUT2D eigenvalue weighted by atomic mass is 10.1. The molecule has 0 saturated carbocycles. The van der Waals surface area contributed by atoms with Crippen molar-refractivity contribution >= 4 is 11.6 Å². The van der Waals surface area contributed by atoms with Gasteiger partial charge in [0.2, 0.25) is 0 Å². The molecule has 0 bridgehead atoms. The van der Waals surface area contributed by atoms with E-state index in [1.807, 2.05) is 34.6 Å². The van der Waals surface area contributed by atoms with Gasteiger partial charge in [0.15, 0.2) is 0 Å². The molecule has 0 aromatic carbocycles. The van der Waals surface area contributed by atoms with Crippen molar-refractivity contribution in [1.82, 2.24) is 9.78 Å². The minimum Gasteiger partial charge on any atom is -0.247 e. The highest BCUT2D eigenvalue weighted by atomic mass is 35.5. The van der Waals surface area contributed by atoms with Crippen molar-refractivity contribution in [3.05, 3.63) is 16.4 Å². The molecule has 15 heavy (non-hydrogen) atoms.